The highest BCUT2D eigenvalue weighted by Gasteiger charge is 2.14. The maximum atomic E-state index is 12.1. The van der Waals surface area contributed by atoms with Crippen LogP contribution in [-0.2, 0) is 18.4 Å². The lowest BCUT2D eigenvalue weighted by molar-refractivity contribution is -0.113. The van der Waals surface area contributed by atoms with E-state index in [1.807, 2.05) is 43.7 Å². The van der Waals surface area contributed by atoms with Crippen molar-refractivity contribution >= 4 is 34.0 Å². The van der Waals surface area contributed by atoms with Gasteiger partial charge in [-0.05, 0) is 42.5 Å². The molecule has 144 valence electrons. The van der Waals surface area contributed by atoms with Crippen molar-refractivity contribution in [2.75, 3.05) is 11.1 Å². The van der Waals surface area contributed by atoms with Gasteiger partial charge < -0.3 is 14.6 Å². The highest BCUT2D eigenvalue weighted by Crippen LogP contribution is 2.24. The van der Waals surface area contributed by atoms with Crippen LogP contribution >= 0.6 is 23.1 Å². The SMILES string of the molecule is Cc1cccc(OCc2nnc(SCC(=O)Nc3sccc3C#N)n2C)c1C. The first-order chi connectivity index (χ1) is 13.5. The number of thiophene rings is 1. The number of thioether (sulfide) groups is 1. The molecule has 28 heavy (non-hydrogen) atoms. The minimum atomic E-state index is -0.194. The molecule has 2 aromatic heterocycles. The van der Waals surface area contributed by atoms with Gasteiger partial charge in [0.15, 0.2) is 11.0 Å². The number of nitrogens with one attached hydrogen (secondary N) is 1. The van der Waals surface area contributed by atoms with Crippen LogP contribution in [0.2, 0.25) is 0 Å². The van der Waals surface area contributed by atoms with Crippen LogP contribution in [-0.4, -0.2) is 26.4 Å². The van der Waals surface area contributed by atoms with Crippen LogP contribution in [0.4, 0.5) is 5.00 Å². The average molecular weight is 414 g/mol. The number of carbonyl (C=O) groups excluding carboxylic acids is 1. The first-order valence-corrected chi connectivity index (χ1v) is 10.3. The number of nitrogens with zero attached hydrogens (tertiary/aromatic N) is 4. The predicted molar refractivity (Wildman–Crippen MR) is 110 cm³/mol. The Morgan fingerprint density at radius 1 is 1.36 bits per heavy atom. The monoisotopic (exact) mass is 413 g/mol. The summed E-state index contributed by atoms with van der Waals surface area (Å²) in [6.45, 7) is 4.36. The molecule has 0 saturated carbocycles. The molecule has 0 aliphatic carbocycles. The molecule has 0 aliphatic rings. The lowest BCUT2D eigenvalue weighted by atomic mass is 10.1. The second-order valence-corrected chi connectivity index (χ2v) is 7.92. The number of rotatable bonds is 7. The zero-order valence-electron chi connectivity index (χ0n) is 15.7. The standard InChI is InChI=1S/C19H19N5O2S2/c1-12-5-4-6-15(13(12)2)26-10-16-22-23-19(24(16)3)28-11-17(25)21-18-14(9-20)7-8-27-18/h4-8H,10-11H2,1-3H3,(H,21,25). The second kappa shape index (κ2) is 8.91. The maximum absolute atomic E-state index is 12.1. The van der Waals surface area contributed by atoms with E-state index in [0.29, 0.717) is 28.2 Å². The second-order valence-electron chi connectivity index (χ2n) is 6.06. The predicted octanol–water partition coefficient (Wildman–Crippen LogP) is 3.67. The number of amides is 1. The minimum Gasteiger partial charge on any atom is -0.485 e. The van der Waals surface area contributed by atoms with E-state index in [4.69, 9.17) is 10.00 Å². The molecule has 1 N–H and O–H groups in total. The van der Waals surface area contributed by atoms with Crippen molar-refractivity contribution in [3.8, 4) is 11.8 Å². The smallest absolute Gasteiger partial charge is 0.235 e. The minimum absolute atomic E-state index is 0.173. The molecule has 0 unspecified atom stereocenters. The van der Waals surface area contributed by atoms with Gasteiger partial charge in [0.2, 0.25) is 5.91 Å². The first-order valence-electron chi connectivity index (χ1n) is 8.47. The molecule has 0 radical (unpaired) electrons. The lowest BCUT2D eigenvalue weighted by Crippen LogP contribution is -2.14. The average Bonchev–Trinajstić information content (AvgIpc) is 3.27. The quantitative estimate of drug-likeness (QED) is 0.594. The Balaban J connectivity index is 1.56. The number of benzene rings is 1. The van der Waals surface area contributed by atoms with E-state index >= 15 is 0 Å². The summed E-state index contributed by atoms with van der Waals surface area (Å²) >= 11 is 2.61. The van der Waals surface area contributed by atoms with Gasteiger partial charge in [-0.2, -0.15) is 5.26 Å². The summed E-state index contributed by atoms with van der Waals surface area (Å²) in [4.78, 5) is 12.1. The zero-order chi connectivity index (χ0) is 20.1. The number of aryl methyl sites for hydroxylation is 1. The summed E-state index contributed by atoms with van der Waals surface area (Å²) < 4.78 is 7.69. The van der Waals surface area contributed by atoms with Crippen LogP contribution in [0.15, 0.2) is 34.8 Å². The van der Waals surface area contributed by atoms with E-state index in [9.17, 15) is 4.79 Å². The van der Waals surface area contributed by atoms with E-state index in [2.05, 4.69) is 21.6 Å². The van der Waals surface area contributed by atoms with E-state index in [1.165, 1.54) is 28.7 Å². The van der Waals surface area contributed by atoms with Gasteiger partial charge >= 0.3 is 0 Å². The van der Waals surface area contributed by atoms with E-state index < -0.39 is 0 Å². The van der Waals surface area contributed by atoms with Gasteiger partial charge in [-0.1, -0.05) is 23.9 Å². The number of carbonyl (C=O) groups is 1. The fraction of sp³-hybridized carbons (Fsp3) is 0.263. The van der Waals surface area contributed by atoms with Crippen LogP contribution in [0, 0.1) is 25.2 Å². The third-order valence-electron chi connectivity index (χ3n) is 4.21. The Labute approximate surface area is 171 Å². The summed E-state index contributed by atoms with van der Waals surface area (Å²) in [5, 5.41) is 23.0. The normalized spacial score (nSPS) is 10.5. The summed E-state index contributed by atoms with van der Waals surface area (Å²) in [5.74, 6) is 1.47. The molecule has 3 aromatic rings. The Hall–Kier alpha value is -2.83. The van der Waals surface area contributed by atoms with Crippen molar-refractivity contribution in [3.05, 3.63) is 52.2 Å². The molecule has 2 heterocycles. The van der Waals surface area contributed by atoms with Crippen molar-refractivity contribution in [3.63, 3.8) is 0 Å². The Kier molecular flexibility index (Phi) is 6.34. The van der Waals surface area contributed by atoms with Gasteiger partial charge in [-0.25, -0.2) is 0 Å². The number of anilines is 1. The van der Waals surface area contributed by atoms with Crippen molar-refractivity contribution in [2.45, 2.75) is 25.6 Å². The fourth-order valence-corrected chi connectivity index (χ4v) is 3.89. The first kappa shape index (κ1) is 19.9. The third-order valence-corrected chi connectivity index (χ3v) is 6.06. The maximum Gasteiger partial charge on any atom is 0.235 e. The number of nitriles is 1. The number of ether oxygens (including phenoxy) is 1. The highest BCUT2D eigenvalue weighted by molar-refractivity contribution is 7.99. The van der Waals surface area contributed by atoms with Crippen molar-refractivity contribution in [1.29, 1.82) is 5.26 Å². The highest BCUT2D eigenvalue weighted by atomic mass is 32.2. The van der Waals surface area contributed by atoms with Crippen molar-refractivity contribution in [2.24, 2.45) is 7.05 Å². The summed E-state index contributed by atoms with van der Waals surface area (Å²) in [5.41, 5.74) is 2.73. The number of hydrogen-bond acceptors (Lipinski definition) is 7. The molecule has 0 fully saturated rings. The molecule has 0 aliphatic heterocycles. The molecule has 9 heteroatoms. The largest absolute Gasteiger partial charge is 0.485 e. The number of hydrogen-bond donors (Lipinski definition) is 1. The van der Waals surface area contributed by atoms with Crippen molar-refractivity contribution < 1.29 is 9.53 Å². The van der Waals surface area contributed by atoms with Gasteiger partial charge in [0.05, 0.1) is 11.3 Å². The summed E-state index contributed by atoms with van der Waals surface area (Å²) in [6, 6.07) is 9.66. The Bertz CT molecular complexity index is 1040. The van der Waals surface area contributed by atoms with E-state index in [-0.39, 0.29) is 11.7 Å². The van der Waals surface area contributed by atoms with Gasteiger partial charge in [-0.3, -0.25) is 4.79 Å². The van der Waals surface area contributed by atoms with Crippen LogP contribution in [0.1, 0.15) is 22.5 Å². The molecular weight excluding hydrogens is 394 g/mol. The lowest BCUT2D eigenvalue weighted by Gasteiger charge is -2.10. The molecule has 0 atom stereocenters. The Morgan fingerprint density at radius 2 is 2.18 bits per heavy atom. The van der Waals surface area contributed by atoms with Crippen LogP contribution < -0.4 is 10.1 Å². The molecule has 1 aromatic carbocycles. The van der Waals surface area contributed by atoms with Gasteiger partial charge in [0, 0.05) is 7.05 Å². The van der Waals surface area contributed by atoms with Crippen LogP contribution in [0.5, 0.6) is 5.75 Å². The molecule has 0 spiro atoms. The fourth-order valence-electron chi connectivity index (χ4n) is 2.41. The van der Waals surface area contributed by atoms with Gasteiger partial charge in [0.1, 0.15) is 23.4 Å². The molecular formula is C19H19N5O2S2. The van der Waals surface area contributed by atoms with Crippen LogP contribution in [0.25, 0.3) is 0 Å². The Morgan fingerprint density at radius 3 is 2.96 bits per heavy atom. The van der Waals surface area contributed by atoms with Gasteiger partial charge in [0.25, 0.3) is 0 Å². The topological polar surface area (TPSA) is 92.8 Å². The van der Waals surface area contributed by atoms with E-state index in [0.717, 1.165) is 11.3 Å². The van der Waals surface area contributed by atoms with Crippen LogP contribution in [0.3, 0.4) is 0 Å². The molecule has 3 rings (SSSR count). The summed E-state index contributed by atoms with van der Waals surface area (Å²) in [7, 11) is 1.84. The van der Waals surface area contributed by atoms with Gasteiger partial charge in [-0.15, -0.1) is 21.5 Å². The molecule has 0 bridgehead atoms. The molecule has 7 nitrogen and oxygen atoms in total. The van der Waals surface area contributed by atoms with E-state index in [1.54, 1.807) is 11.4 Å². The molecule has 0 saturated heterocycles. The summed E-state index contributed by atoms with van der Waals surface area (Å²) in [6.07, 6.45) is 0. The molecule has 1 amide bonds. The van der Waals surface area contributed by atoms with Crippen molar-refractivity contribution in [1.82, 2.24) is 14.8 Å². The zero-order valence-corrected chi connectivity index (χ0v) is 17.4. The number of aromatic nitrogens is 3. The third kappa shape index (κ3) is 4.52.